The third kappa shape index (κ3) is 2.93. The third-order valence-corrected chi connectivity index (χ3v) is 6.16. The number of morpholine rings is 2. The monoisotopic (exact) mass is 400 g/mol. The molecule has 4 fully saturated rings. The first kappa shape index (κ1) is 20.5. The average molecular weight is 400 g/mol. The molecule has 4 N–H and O–H groups in total. The van der Waals surface area contributed by atoms with Crippen molar-refractivity contribution >= 4 is 5.78 Å². The fourth-order valence-electron chi connectivity index (χ4n) is 4.76. The summed E-state index contributed by atoms with van der Waals surface area (Å²) >= 11 is 0. The minimum atomic E-state index is -1.46. The van der Waals surface area contributed by atoms with Gasteiger partial charge in [0.15, 0.2) is 0 Å². The van der Waals surface area contributed by atoms with E-state index in [4.69, 9.17) is 30.6 Å². The lowest BCUT2D eigenvalue weighted by Gasteiger charge is -2.53. The van der Waals surface area contributed by atoms with Gasteiger partial charge >= 0.3 is 0 Å². The summed E-state index contributed by atoms with van der Waals surface area (Å²) in [5.74, 6) is 9.57. The van der Waals surface area contributed by atoms with Crippen molar-refractivity contribution in [3.63, 3.8) is 0 Å². The van der Waals surface area contributed by atoms with Gasteiger partial charge in [0.1, 0.15) is 0 Å². The Morgan fingerprint density at radius 3 is 1.54 bits per heavy atom. The van der Waals surface area contributed by atoms with Crippen LogP contribution in [0.25, 0.3) is 0 Å². The Kier molecular flexibility index (Phi) is 5.75. The van der Waals surface area contributed by atoms with Gasteiger partial charge in [-0.3, -0.25) is 16.5 Å². The highest BCUT2D eigenvalue weighted by Crippen LogP contribution is 2.39. The smallest absolute Gasteiger partial charge is 0.261 e. The highest BCUT2D eigenvalue weighted by molar-refractivity contribution is 5.94. The van der Waals surface area contributed by atoms with E-state index in [1.54, 1.807) is 0 Å². The summed E-state index contributed by atoms with van der Waals surface area (Å²) in [6.45, 7) is 8.66. The molecule has 0 aromatic heterocycles. The SMILES string of the molecule is CC1COCCN1C1(C(=O)C2(N3CCOCC3C)OCCN2N)OCCN1N. The molecule has 4 unspecified atom stereocenters. The lowest BCUT2D eigenvalue weighted by atomic mass is 10.0. The summed E-state index contributed by atoms with van der Waals surface area (Å²) in [6, 6.07) is -0.0951. The van der Waals surface area contributed by atoms with Crippen LogP contribution in [0.15, 0.2) is 0 Å². The van der Waals surface area contributed by atoms with Crippen LogP contribution in [0.1, 0.15) is 13.8 Å². The van der Waals surface area contributed by atoms with Crippen LogP contribution in [0.5, 0.6) is 0 Å². The number of carbonyl (C=O) groups excluding carboxylic acids is 1. The van der Waals surface area contributed by atoms with E-state index in [0.717, 1.165) is 0 Å². The fourth-order valence-corrected chi connectivity index (χ4v) is 4.76. The summed E-state index contributed by atoms with van der Waals surface area (Å²) < 4.78 is 23.4. The van der Waals surface area contributed by atoms with Gasteiger partial charge in [-0.25, -0.2) is 9.80 Å². The Labute approximate surface area is 165 Å². The van der Waals surface area contributed by atoms with Gasteiger partial charge in [-0.15, -0.1) is 0 Å². The molecule has 0 amide bonds. The minimum Gasteiger partial charge on any atom is -0.379 e. The molecule has 28 heavy (non-hydrogen) atoms. The van der Waals surface area contributed by atoms with E-state index < -0.39 is 11.7 Å². The first-order chi connectivity index (χ1) is 13.4. The molecule has 160 valence electrons. The topological polar surface area (TPSA) is 119 Å². The summed E-state index contributed by atoms with van der Waals surface area (Å²) in [5, 5.41) is 2.97. The summed E-state index contributed by atoms with van der Waals surface area (Å²) in [7, 11) is 0. The highest BCUT2D eigenvalue weighted by atomic mass is 16.6. The third-order valence-electron chi connectivity index (χ3n) is 6.16. The molecule has 0 bridgehead atoms. The maximum absolute atomic E-state index is 14.3. The fraction of sp³-hybridized carbons (Fsp3) is 0.941. The number of hydrogen-bond donors (Lipinski definition) is 2. The van der Waals surface area contributed by atoms with Crippen LogP contribution in [-0.2, 0) is 23.7 Å². The maximum Gasteiger partial charge on any atom is 0.261 e. The molecule has 4 heterocycles. The van der Waals surface area contributed by atoms with Crippen LogP contribution in [-0.4, -0.2) is 115 Å². The molecule has 0 saturated carbocycles. The number of ether oxygens (including phenoxy) is 4. The average Bonchev–Trinajstić information content (AvgIpc) is 3.26. The van der Waals surface area contributed by atoms with Gasteiger partial charge < -0.3 is 18.9 Å². The van der Waals surface area contributed by atoms with Gasteiger partial charge in [-0.1, -0.05) is 0 Å². The molecule has 11 nitrogen and oxygen atoms in total. The Bertz CT molecular complexity index is 550. The number of nitrogens with zero attached hydrogens (tertiary/aromatic N) is 4. The number of carbonyl (C=O) groups is 1. The van der Waals surface area contributed by atoms with Crippen LogP contribution in [0.2, 0.25) is 0 Å². The Balaban J connectivity index is 1.77. The second-order valence-electron chi connectivity index (χ2n) is 7.86. The van der Waals surface area contributed by atoms with Crippen LogP contribution < -0.4 is 11.7 Å². The van der Waals surface area contributed by atoms with Crippen molar-refractivity contribution in [3.8, 4) is 0 Å². The van der Waals surface area contributed by atoms with E-state index in [2.05, 4.69) is 0 Å². The molecular formula is C17H32N6O5. The van der Waals surface area contributed by atoms with E-state index >= 15 is 0 Å². The van der Waals surface area contributed by atoms with E-state index in [-0.39, 0.29) is 17.9 Å². The summed E-state index contributed by atoms with van der Waals surface area (Å²) in [4.78, 5) is 18.3. The molecule has 11 heteroatoms. The van der Waals surface area contributed by atoms with Crippen LogP contribution in [0.3, 0.4) is 0 Å². The molecule has 0 aromatic carbocycles. The Hall–Kier alpha value is -0.730. The van der Waals surface area contributed by atoms with Crippen molar-refractivity contribution in [2.45, 2.75) is 37.6 Å². The van der Waals surface area contributed by atoms with Crippen molar-refractivity contribution in [2.24, 2.45) is 11.7 Å². The summed E-state index contributed by atoms with van der Waals surface area (Å²) in [6.07, 6.45) is 0. The number of Topliss-reactive ketones (excluding diaryl/α,β-unsaturated/α-hetero) is 1. The molecule has 4 rings (SSSR count). The Morgan fingerprint density at radius 2 is 1.21 bits per heavy atom. The number of nitrogens with two attached hydrogens (primary N) is 2. The predicted molar refractivity (Wildman–Crippen MR) is 98.1 cm³/mol. The second-order valence-corrected chi connectivity index (χ2v) is 7.86. The van der Waals surface area contributed by atoms with E-state index in [0.29, 0.717) is 65.8 Å². The Morgan fingerprint density at radius 1 is 0.786 bits per heavy atom. The zero-order valence-corrected chi connectivity index (χ0v) is 16.7. The highest BCUT2D eigenvalue weighted by Gasteiger charge is 2.67. The zero-order valence-electron chi connectivity index (χ0n) is 16.7. The standard InChI is InChI=1S/C17H32N6O5/c1-13-11-25-7-3-20(13)16(22(18)5-9-27-16)15(24)17(23(19)6-10-28-17)21-4-8-26-12-14(21)2/h13-14H,3-12,18-19H2,1-2H3. The lowest BCUT2D eigenvalue weighted by Crippen LogP contribution is -2.80. The van der Waals surface area contributed by atoms with Crippen molar-refractivity contribution < 1.29 is 23.7 Å². The van der Waals surface area contributed by atoms with Crippen LogP contribution in [0, 0.1) is 0 Å². The lowest BCUT2D eigenvalue weighted by molar-refractivity contribution is -0.273. The quantitative estimate of drug-likeness (QED) is 0.497. The predicted octanol–water partition coefficient (Wildman–Crippen LogP) is -2.28. The van der Waals surface area contributed by atoms with Crippen LogP contribution in [0.4, 0.5) is 0 Å². The van der Waals surface area contributed by atoms with E-state index in [1.165, 1.54) is 10.0 Å². The second kappa shape index (κ2) is 7.84. The molecule has 0 aliphatic carbocycles. The molecule has 4 aliphatic heterocycles. The largest absolute Gasteiger partial charge is 0.379 e. The minimum absolute atomic E-state index is 0.0476. The van der Waals surface area contributed by atoms with Crippen molar-refractivity contribution in [1.82, 2.24) is 19.8 Å². The number of hydrazine groups is 2. The van der Waals surface area contributed by atoms with Gasteiger partial charge in [0.25, 0.3) is 17.5 Å². The summed E-state index contributed by atoms with van der Waals surface area (Å²) in [5.41, 5.74) is 0. The number of hydrogen-bond acceptors (Lipinski definition) is 11. The molecule has 4 saturated heterocycles. The van der Waals surface area contributed by atoms with Crippen molar-refractivity contribution in [2.75, 3.05) is 65.8 Å². The van der Waals surface area contributed by atoms with Gasteiger partial charge in [-0.2, -0.15) is 10.0 Å². The van der Waals surface area contributed by atoms with E-state index in [9.17, 15) is 4.79 Å². The van der Waals surface area contributed by atoms with Gasteiger partial charge in [0.05, 0.1) is 39.6 Å². The molecule has 0 aromatic rings. The van der Waals surface area contributed by atoms with Crippen molar-refractivity contribution in [1.29, 1.82) is 0 Å². The molecule has 4 aliphatic rings. The molecule has 0 spiro atoms. The molecule has 0 radical (unpaired) electrons. The normalized spacial score (nSPS) is 42.3. The molecule has 4 atom stereocenters. The first-order valence-corrected chi connectivity index (χ1v) is 10.0. The van der Waals surface area contributed by atoms with Gasteiger partial charge in [-0.05, 0) is 13.8 Å². The van der Waals surface area contributed by atoms with E-state index in [1.807, 2.05) is 23.6 Å². The first-order valence-electron chi connectivity index (χ1n) is 10.0. The van der Waals surface area contributed by atoms with Crippen LogP contribution >= 0.6 is 0 Å². The van der Waals surface area contributed by atoms with Crippen molar-refractivity contribution in [3.05, 3.63) is 0 Å². The molecular weight excluding hydrogens is 368 g/mol. The van der Waals surface area contributed by atoms with Gasteiger partial charge in [0.2, 0.25) is 0 Å². The van der Waals surface area contributed by atoms with Gasteiger partial charge in [0, 0.05) is 38.3 Å². The number of rotatable bonds is 4. The maximum atomic E-state index is 14.3. The number of ketones is 1. The zero-order chi connectivity index (χ0) is 19.9.